The van der Waals surface area contributed by atoms with Crippen LogP contribution in [0.3, 0.4) is 0 Å². The van der Waals surface area contributed by atoms with Crippen LogP contribution in [0, 0.1) is 5.92 Å². The van der Waals surface area contributed by atoms with Gasteiger partial charge in [-0.2, -0.15) is 0 Å². The standard InChI is InChI=1S/C22H31NO2S.ClH/c1-2-20(17-9-4-3-5-10-17)25-16-19(24)15-23-22(18-11-6-7-12-18)21-13-8-14-26-21;/h3-5,8-10,13-14,18-20,22-24H,2,6-7,11-12,15-16H2,1H3;1H. The summed E-state index contributed by atoms with van der Waals surface area (Å²) in [4.78, 5) is 1.39. The van der Waals surface area contributed by atoms with Gasteiger partial charge in [-0.1, -0.05) is 56.2 Å². The van der Waals surface area contributed by atoms with E-state index in [1.54, 1.807) is 0 Å². The molecule has 3 atom stereocenters. The fourth-order valence-corrected chi connectivity index (χ4v) is 4.82. The molecule has 0 spiro atoms. The number of thiophene rings is 1. The van der Waals surface area contributed by atoms with Crippen molar-refractivity contribution in [2.24, 2.45) is 5.92 Å². The molecule has 0 radical (unpaired) electrons. The minimum Gasteiger partial charge on any atom is -0.389 e. The lowest BCUT2D eigenvalue weighted by Crippen LogP contribution is -2.35. The van der Waals surface area contributed by atoms with E-state index < -0.39 is 6.10 Å². The maximum Gasteiger partial charge on any atom is 0.0898 e. The van der Waals surface area contributed by atoms with Crippen molar-refractivity contribution in [1.29, 1.82) is 0 Å². The molecule has 2 aromatic rings. The first-order valence-corrected chi connectivity index (χ1v) is 10.8. The molecule has 5 heteroatoms. The van der Waals surface area contributed by atoms with Gasteiger partial charge in [-0.15, -0.1) is 23.7 Å². The molecule has 1 aromatic carbocycles. The third kappa shape index (κ3) is 6.58. The number of rotatable bonds is 10. The molecule has 27 heavy (non-hydrogen) atoms. The molecule has 3 nitrogen and oxygen atoms in total. The number of halogens is 1. The summed E-state index contributed by atoms with van der Waals surface area (Å²) in [6, 6.07) is 15.0. The van der Waals surface area contributed by atoms with E-state index in [4.69, 9.17) is 4.74 Å². The van der Waals surface area contributed by atoms with Gasteiger partial charge >= 0.3 is 0 Å². The van der Waals surface area contributed by atoms with Crippen LogP contribution < -0.4 is 5.32 Å². The Morgan fingerprint density at radius 1 is 1.15 bits per heavy atom. The lowest BCUT2D eigenvalue weighted by Gasteiger charge is -2.26. The first kappa shape index (κ1) is 22.4. The van der Waals surface area contributed by atoms with Gasteiger partial charge in [0, 0.05) is 17.5 Å². The lowest BCUT2D eigenvalue weighted by molar-refractivity contribution is -0.0127. The Balaban J connectivity index is 0.00000261. The number of hydrogen-bond acceptors (Lipinski definition) is 4. The SMILES string of the molecule is CCC(OCC(O)CNC(c1cccs1)C1CCCC1)c1ccccc1.Cl. The summed E-state index contributed by atoms with van der Waals surface area (Å²) in [5.74, 6) is 0.689. The molecule has 1 aromatic heterocycles. The van der Waals surface area contributed by atoms with Crippen LogP contribution >= 0.6 is 23.7 Å². The van der Waals surface area contributed by atoms with Crippen molar-refractivity contribution >= 4 is 23.7 Å². The zero-order valence-electron chi connectivity index (χ0n) is 16.0. The molecule has 2 N–H and O–H groups in total. The van der Waals surface area contributed by atoms with Gasteiger partial charge in [-0.25, -0.2) is 0 Å². The molecule has 1 saturated carbocycles. The lowest BCUT2D eigenvalue weighted by atomic mass is 9.96. The molecule has 150 valence electrons. The van der Waals surface area contributed by atoms with Gasteiger partial charge in [0.25, 0.3) is 0 Å². The van der Waals surface area contributed by atoms with E-state index in [0.717, 1.165) is 6.42 Å². The maximum atomic E-state index is 10.4. The number of ether oxygens (including phenoxy) is 1. The fraction of sp³-hybridized carbons (Fsp3) is 0.545. The van der Waals surface area contributed by atoms with E-state index >= 15 is 0 Å². The van der Waals surface area contributed by atoms with E-state index in [-0.39, 0.29) is 18.5 Å². The predicted octanol–water partition coefficient (Wildman–Crippen LogP) is 5.52. The Morgan fingerprint density at radius 3 is 2.52 bits per heavy atom. The highest BCUT2D eigenvalue weighted by atomic mass is 35.5. The molecule has 1 aliphatic rings. The van der Waals surface area contributed by atoms with Crippen LogP contribution in [0.5, 0.6) is 0 Å². The highest BCUT2D eigenvalue weighted by molar-refractivity contribution is 7.10. The minimum absolute atomic E-state index is 0. The monoisotopic (exact) mass is 409 g/mol. The maximum absolute atomic E-state index is 10.4. The van der Waals surface area contributed by atoms with E-state index in [0.29, 0.717) is 25.1 Å². The average molecular weight is 410 g/mol. The van der Waals surface area contributed by atoms with E-state index in [2.05, 4.69) is 41.9 Å². The number of hydrogen-bond donors (Lipinski definition) is 2. The normalized spacial score (nSPS) is 18.0. The summed E-state index contributed by atoms with van der Waals surface area (Å²) in [6.45, 7) is 3.06. The number of benzene rings is 1. The van der Waals surface area contributed by atoms with Gasteiger partial charge in [-0.05, 0) is 42.2 Å². The topological polar surface area (TPSA) is 41.5 Å². The van der Waals surface area contributed by atoms with Crippen molar-refractivity contribution in [3.05, 3.63) is 58.3 Å². The van der Waals surface area contributed by atoms with Gasteiger partial charge in [0.15, 0.2) is 0 Å². The molecule has 1 aliphatic carbocycles. The molecule has 1 heterocycles. The van der Waals surface area contributed by atoms with E-state index in [1.165, 1.54) is 36.1 Å². The van der Waals surface area contributed by atoms with Crippen molar-refractivity contribution < 1.29 is 9.84 Å². The highest BCUT2D eigenvalue weighted by Gasteiger charge is 2.27. The molecule has 0 saturated heterocycles. The Hall–Kier alpha value is -0.910. The Morgan fingerprint density at radius 2 is 1.89 bits per heavy atom. The summed E-state index contributed by atoms with van der Waals surface area (Å²) < 4.78 is 6.00. The Kier molecular flexibility index (Phi) is 9.80. The number of nitrogens with one attached hydrogen (secondary N) is 1. The van der Waals surface area contributed by atoms with Gasteiger partial charge in [0.1, 0.15) is 0 Å². The summed E-state index contributed by atoms with van der Waals surface area (Å²) in [5.41, 5.74) is 1.18. The van der Waals surface area contributed by atoms with Crippen LogP contribution in [-0.4, -0.2) is 24.4 Å². The van der Waals surface area contributed by atoms with Crippen molar-refractivity contribution in [1.82, 2.24) is 5.32 Å². The Labute approximate surface area is 173 Å². The molecule has 3 unspecified atom stereocenters. The summed E-state index contributed by atoms with van der Waals surface area (Å²) >= 11 is 1.81. The summed E-state index contributed by atoms with van der Waals surface area (Å²) in [5, 5.41) is 16.2. The molecule has 1 fully saturated rings. The number of aliphatic hydroxyl groups excluding tert-OH is 1. The van der Waals surface area contributed by atoms with E-state index in [9.17, 15) is 5.11 Å². The van der Waals surface area contributed by atoms with Crippen molar-refractivity contribution in [3.8, 4) is 0 Å². The van der Waals surface area contributed by atoms with Gasteiger partial charge < -0.3 is 15.2 Å². The third-order valence-electron chi connectivity index (χ3n) is 5.33. The second-order valence-corrected chi connectivity index (χ2v) is 8.22. The van der Waals surface area contributed by atoms with Crippen LogP contribution in [0.15, 0.2) is 47.8 Å². The van der Waals surface area contributed by atoms with Crippen LogP contribution in [0.1, 0.15) is 61.6 Å². The highest BCUT2D eigenvalue weighted by Crippen LogP contribution is 2.37. The second-order valence-electron chi connectivity index (χ2n) is 7.24. The first-order chi connectivity index (χ1) is 12.8. The minimum atomic E-state index is -0.489. The fourth-order valence-electron chi connectivity index (χ4n) is 3.93. The van der Waals surface area contributed by atoms with Crippen molar-refractivity contribution in [3.63, 3.8) is 0 Å². The number of aliphatic hydroxyl groups is 1. The van der Waals surface area contributed by atoms with Crippen LogP contribution in [-0.2, 0) is 4.74 Å². The largest absolute Gasteiger partial charge is 0.389 e. The van der Waals surface area contributed by atoms with Crippen molar-refractivity contribution in [2.45, 2.75) is 57.3 Å². The van der Waals surface area contributed by atoms with Crippen LogP contribution in [0.4, 0.5) is 0 Å². The van der Waals surface area contributed by atoms with Crippen LogP contribution in [0.25, 0.3) is 0 Å². The van der Waals surface area contributed by atoms with Gasteiger partial charge in [0.05, 0.1) is 18.8 Å². The molecule has 3 rings (SSSR count). The smallest absolute Gasteiger partial charge is 0.0898 e. The molecular formula is C22H32ClNO2S. The quantitative estimate of drug-likeness (QED) is 0.542. The van der Waals surface area contributed by atoms with Gasteiger partial charge in [-0.3, -0.25) is 0 Å². The predicted molar refractivity (Wildman–Crippen MR) is 116 cm³/mol. The third-order valence-corrected chi connectivity index (χ3v) is 6.28. The molecule has 0 aliphatic heterocycles. The first-order valence-electron chi connectivity index (χ1n) is 9.89. The summed E-state index contributed by atoms with van der Waals surface area (Å²) in [7, 11) is 0. The average Bonchev–Trinajstić information content (AvgIpc) is 3.38. The van der Waals surface area contributed by atoms with Crippen LogP contribution in [0.2, 0.25) is 0 Å². The zero-order valence-corrected chi connectivity index (χ0v) is 17.7. The van der Waals surface area contributed by atoms with Crippen molar-refractivity contribution in [2.75, 3.05) is 13.2 Å². The van der Waals surface area contributed by atoms with Gasteiger partial charge in [0.2, 0.25) is 0 Å². The summed E-state index contributed by atoms with van der Waals surface area (Å²) in [6.07, 6.45) is 5.70. The Bertz CT molecular complexity index is 617. The molecular weight excluding hydrogens is 378 g/mol. The molecule has 0 amide bonds. The zero-order chi connectivity index (χ0) is 18.2. The second kappa shape index (κ2) is 11.8. The molecule has 0 bridgehead atoms. The van der Waals surface area contributed by atoms with E-state index in [1.807, 2.05) is 29.5 Å².